The summed E-state index contributed by atoms with van der Waals surface area (Å²) >= 11 is 7.13. The highest BCUT2D eigenvalue weighted by atomic mass is 35.5. The number of para-hydroxylation sites is 2. The van der Waals surface area contributed by atoms with Crippen molar-refractivity contribution < 1.29 is 10.3 Å². The maximum Gasteiger partial charge on any atom is 0.266 e. The molecule has 0 aliphatic carbocycles. The number of carbonyl (C=O) groups excluding carboxylic acids is 1. The summed E-state index contributed by atoms with van der Waals surface area (Å²) < 4.78 is 1.56. The number of fused-ring (bicyclic) bond motifs is 1. The Hall–Kier alpha value is -2.93. The lowest BCUT2D eigenvalue weighted by molar-refractivity contribution is 0.102. The number of Topliss-reactive ketones (excluding diaryl/α,β-unsaturated/α-hetero) is 1. The molecule has 4 aromatic rings. The highest BCUT2D eigenvalue weighted by molar-refractivity contribution is 7.99. The Morgan fingerprint density at radius 2 is 1.59 bits per heavy atom. The second-order valence-corrected chi connectivity index (χ2v) is 7.49. The molecule has 0 radical (unpaired) electrons. The molecule has 0 unspecified atom stereocenters. The monoisotopic (exact) mass is 424 g/mol. The lowest BCUT2D eigenvalue weighted by Gasteiger charge is -2.13. The Morgan fingerprint density at radius 1 is 0.931 bits per heavy atom. The molecule has 7 heteroatoms. The van der Waals surface area contributed by atoms with Crippen molar-refractivity contribution in [1.82, 2.24) is 9.55 Å². The van der Waals surface area contributed by atoms with Gasteiger partial charge in [-0.05, 0) is 48.5 Å². The molecule has 0 atom stereocenters. The largest absolute Gasteiger partial charge is 0.412 e. The van der Waals surface area contributed by atoms with Crippen molar-refractivity contribution in [2.75, 3.05) is 5.75 Å². The van der Waals surface area contributed by atoms with E-state index in [0.29, 0.717) is 32.3 Å². The third kappa shape index (κ3) is 4.40. The van der Waals surface area contributed by atoms with Crippen molar-refractivity contribution in [1.29, 1.82) is 0 Å². The third-order valence-corrected chi connectivity index (χ3v) is 5.45. The van der Waals surface area contributed by atoms with Gasteiger partial charge < -0.3 is 5.48 Å². The first kappa shape index (κ1) is 20.8. The molecular formula is C22H17ClN2O3S. The summed E-state index contributed by atoms with van der Waals surface area (Å²) in [5, 5.41) is 1.61. The van der Waals surface area contributed by atoms with Gasteiger partial charge in [0.2, 0.25) is 0 Å². The summed E-state index contributed by atoms with van der Waals surface area (Å²) in [6, 6.07) is 23.3. The second-order valence-electron chi connectivity index (χ2n) is 6.11. The minimum atomic E-state index is -0.154. The molecule has 5 nitrogen and oxygen atoms in total. The molecule has 4 rings (SSSR count). The van der Waals surface area contributed by atoms with Crippen LogP contribution in [0.3, 0.4) is 0 Å². The number of nitrogens with zero attached hydrogens (tertiary/aromatic N) is 2. The second kappa shape index (κ2) is 9.05. The van der Waals surface area contributed by atoms with Crippen molar-refractivity contribution in [2.24, 2.45) is 0 Å². The standard InChI is InChI=1S/C22H15ClN2O2S.H2O/c23-16-12-10-15(11-13-16)20(26)14-28-22-24-19-9-5-4-8-18(19)21(27)25(22)17-6-2-1-3-7-17;/h1-13H,14H2;1H2. The molecule has 3 aromatic carbocycles. The van der Waals surface area contributed by atoms with Crippen LogP contribution in [0.15, 0.2) is 88.8 Å². The van der Waals surface area contributed by atoms with Crippen LogP contribution in [0.2, 0.25) is 5.02 Å². The number of ketones is 1. The zero-order valence-corrected chi connectivity index (χ0v) is 16.8. The van der Waals surface area contributed by atoms with Crippen molar-refractivity contribution in [3.05, 3.63) is 99.8 Å². The highest BCUT2D eigenvalue weighted by Gasteiger charge is 2.15. The summed E-state index contributed by atoms with van der Waals surface area (Å²) in [4.78, 5) is 30.3. The van der Waals surface area contributed by atoms with Gasteiger partial charge in [-0.3, -0.25) is 14.2 Å². The number of rotatable bonds is 5. The van der Waals surface area contributed by atoms with Gasteiger partial charge in [-0.2, -0.15) is 0 Å². The molecule has 1 aromatic heterocycles. The molecule has 0 spiro atoms. The molecule has 0 fully saturated rings. The van der Waals surface area contributed by atoms with Crippen LogP contribution in [0.1, 0.15) is 10.4 Å². The molecule has 0 saturated heterocycles. The van der Waals surface area contributed by atoms with Crippen LogP contribution in [0, 0.1) is 0 Å². The van der Waals surface area contributed by atoms with Crippen LogP contribution in [0.25, 0.3) is 16.6 Å². The van der Waals surface area contributed by atoms with E-state index in [1.165, 1.54) is 11.8 Å². The first-order valence-corrected chi connectivity index (χ1v) is 9.98. The highest BCUT2D eigenvalue weighted by Crippen LogP contribution is 2.22. The summed E-state index contributed by atoms with van der Waals surface area (Å²) in [6.45, 7) is 0. The molecule has 0 saturated carbocycles. The summed E-state index contributed by atoms with van der Waals surface area (Å²) in [7, 11) is 0. The van der Waals surface area contributed by atoms with Crippen LogP contribution in [-0.2, 0) is 0 Å². The number of thioether (sulfide) groups is 1. The quantitative estimate of drug-likeness (QED) is 0.273. The van der Waals surface area contributed by atoms with Gasteiger partial charge in [-0.1, -0.05) is 53.7 Å². The van der Waals surface area contributed by atoms with Gasteiger partial charge in [0.25, 0.3) is 5.56 Å². The van der Waals surface area contributed by atoms with E-state index in [1.54, 1.807) is 41.0 Å². The number of aromatic nitrogens is 2. The number of benzene rings is 3. The van der Waals surface area contributed by atoms with Crippen molar-refractivity contribution in [2.45, 2.75) is 5.16 Å². The summed E-state index contributed by atoms with van der Waals surface area (Å²) in [5.41, 5.74) is 1.75. The lowest BCUT2D eigenvalue weighted by atomic mass is 10.1. The normalized spacial score (nSPS) is 10.5. The third-order valence-electron chi connectivity index (χ3n) is 4.26. The van der Waals surface area contributed by atoms with Crippen LogP contribution < -0.4 is 5.56 Å². The Bertz CT molecular complexity index is 1210. The average molecular weight is 425 g/mol. The van der Waals surface area contributed by atoms with Crippen LogP contribution >= 0.6 is 23.4 Å². The minimum Gasteiger partial charge on any atom is -0.412 e. The van der Waals surface area contributed by atoms with Crippen molar-refractivity contribution in [3.63, 3.8) is 0 Å². The Morgan fingerprint density at radius 3 is 2.31 bits per heavy atom. The predicted molar refractivity (Wildman–Crippen MR) is 117 cm³/mol. The maximum atomic E-state index is 13.1. The van der Waals surface area contributed by atoms with E-state index < -0.39 is 0 Å². The molecule has 29 heavy (non-hydrogen) atoms. The lowest BCUT2D eigenvalue weighted by Crippen LogP contribution is -2.22. The van der Waals surface area contributed by atoms with Crippen LogP contribution in [0.5, 0.6) is 0 Å². The van der Waals surface area contributed by atoms with E-state index in [9.17, 15) is 9.59 Å². The van der Waals surface area contributed by atoms with E-state index in [4.69, 9.17) is 11.6 Å². The molecule has 0 aliphatic heterocycles. The summed E-state index contributed by atoms with van der Waals surface area (Å²) in [5.74, 6) is 0.114. The number of carbonyl (C=O) groups is 1. The number of halogens is 1. The van der Waals surface area contributed by atoms with E-state index in [1.807, 2.05) is 42.5 Å². The van der Waals surface area contributed by atoms with Crippen LogP contribution in [0.4, 0.5) is 0 Å². The van der Waals surface area contributed by atoms with Gasteiger partial charge in [-0.25, -0.2) is 4.98 Å². The molecule has 0 aliphatic rings. The smallest absolute Gasteiger partial charge is 0.266 e. The number of hydrogen-bond acceptors (Lipinski definition) is 4. The van der Waals surface area contributed by atoms with Crippen LogP contribution in [-0.4, -0.2) is 26.6 Å². The van der Waals surface area contributed by atoms with Gasteiger partial charge in [0.1, 0.15) is 0 Å². The average Bonchev–Trinajstić information content (AvgIpc) is 2.73. The fourth-order valence-corrected chi connectivity index (χ4v) is 3.90. The molecule has 1 heterocycles. The fraction of sp³-hybridized carbons (Fsp3) is 0.0455. The fourth-order valence-electron chi connectivity index (χ4n) is 2.86. The molecule has 2 N–H and O–H groups in total. The Labute approximate surface area is 176 Å². The molecule has 0 bridgehead atoms. The first-order chi connectivity index (χ1) is 13.6. The minimum absolute atomic E-state index is 0. The topological polar surface area (TPSA) is 83.5 Å². The number of hydrogen-bond donors (Lipinski definition) is 0. The zero-order valence-electron chi connectivity index (χ0n) is 15.2. The van der Waals surface area contributed by atoms with Gasteiger partial charge in [0.05, 0.1) is 22.3 Å². The zero-order chi connectivity index (χ0) is 19.5. The van der Waals surface area contributed by atoms with E-state index in [-0.39, 0.29) is 22.6 Å². The van der Waals surface area contributed by atoms with E-state index in [2.05, 4.69) is 4.98 Å². The van der Waals surface area contributed by atoms with Crippen molar-refractivity contribution >= 4 is 40.0 Å². The van der Waals surface area contributed by atoms with Gasteiger partial charge in [0.15, 0.2) is 10.9 Å². The predicted octanol–water partition coefficient (Wildman–Crippen LogP) is 4.19. The Balaban J connectivity index is 0.00000240. The SMILES string of the molecule is O.O=C(CSc1nc2ccccc2c(=O)n1-c1ccccc1)c1ccc(Cl)cc1. The van der Waals surface area contributed by atoms with E-state index >= 15 is 0 Å². The first-order valence-electron chi connectivity index (χ1n) is 8.62. The molecular weight excluding hydrogens is 408 g/mol. The Kier molecular flexibility index (Phi) is 6.49. The molecule has 146 valence electrons. The maximum absolute atomic E-state index is 13.1. The van der Waals surface area contributed by atoms with Gasteiger partial charge in [-0.15, -0.1) is 0 Å². The summed E-state index contributed by atoms with van der Waals surface area (Å²) in [6.07, 6.45) is 0. The van der Waals surface area contributed by atoms with Crippen molar-refractivity contribution in [3.8, 4) is 5.69 Å². The van der Waals surface area contributed by atoms with E-state index in [0.717, 1.165) is 0 Å². The van der Waals surface area contributed by atoms with Gasteiger partial charge in [0, 0.05) is 10.6 Å². The molecule has 0 amide bonds. The van der Waals surface area contributed by atoms with Gasteiger partial charge >= 0.3 is 0 Å².